The van der Waals surface area contributed by atoms with Crippen molar-refractivity contribution >= 4 is 12.6 Å². The van der Waals surface area contributed by atoms with Crippen LogP contribution in [0, 0.1) is 0 Å². The second-order valence-corrected chi connectivity index (χ2v) is 1.79. The number of allylic oxidation sites excluding steroid dienone is 3. The molecule has 0 amide bonds. The van der Waals surface area contributed by atoms with E-state index >= 15 is 0 Å². The van der Waals surface area contributed by atoms with E-state index in [2.05, 4.69) is 9.98 Å². The van der Waals surface area contributed by atoms with E-state index in [0.29, 0.717) is 0 Å². The van der Waals surface area contributed by atoms with Crippen LogP contribution in [0.3, 0.4) is 0 Å². The summed E-state index contributed by atoms with van der Waals surface area (Å²) in [4.78, 5) is 7.69. The number of aliphatic imine (C=N–C) groups is 2. The molecule has 0 aromatic heterocycles. The molecule has 0 saturated carbocycles. The third kappa shape index (κ3) is 2.04. The van der Waals surface area contributed by atoms with Gasteiger partial charge < -0.3 is 0 Å². The molecule has 0 N–H and O–H groups in total. The van der Waals surface area contributed by atoms with Crippen molar-refractivity contribution in [3.8, 4) is 0 Å². The highest BCUT2D eigenvalue weighted by molar-refractivity contribution is 5.81. The van der Waals surface area contributed by atoms with E-state index in [4.69, 9.17) is 0 Å². The largest absolute Gasteiger partial charge is 0.245 e. The first-order valence-corrected chi connectivity index (χ1v) is 2.78. The molecule has 2 heteroatoms. The first-order valence-electron chi connectivity index (χ1n) is 2.78. The Morgan fingerprint density at radius 1 is 1.33 bits per heavy atom. The summed E-state index contributed by atoms with van der Waals surface area (Å²) >= 11 is 0. The van der Waals surface area contributed by atoms with Gasteiger partial charge in [-0.1, -0.05) is 6.08 Å². The van der Waals surface area contributed by atoms with Gasteiger partial charge in [-0.2, -0.15) is 0 Å². The van der Waals surface area contributed by atoms with E-state index in [1.165, 1.54) is 6.34 Å². The zero-order valence-corrected chi connectivity index (χ0v) is 5.28. The Bertz CT molecular complexity index is 197. The molecule has 46 valence electrons. The van der Waals surface area contributed by atoms with Crippen LogP contribution in [0.15, 0.2) is 33.9 Å². The van der Waals surface area contributed by atoms with E-state index in [1.807, 2.05) is 19.1 Å². The SMILES string of the molecule is CC1=C\N=C\N=C/C=C\1. The van der Waals surface area contributed by atoms with Crippen molar-refractivity contribution in [1.29, 1.82) is 0 Å². The second kappa shape index (κ2) is 2.97. The molecule has 9 heavy (non-hydrogen) atoms. The summed E-state index contributed by atoms with van der Waals surface area (Å²) in [6.45, 7) is 1.99. The van der Waals surface area contributed by atoms with E-state index < -0.39 is 0 Å². The Labute approximate surface area is 54.3 Å². The van der Waals surface area contributed by atoms with Crippen molar-refractivity contribution in [2.45, 2.75) is 6.92 Å². The predicted octanol–water partition coefficient (Wildman–Crippen LogP) is 1.56. The van der Waals surface area contributed by atoms with Crippen LogP contribution in [0.5, 0.6) is 0 Å². The lowest BCUT2D eigenvalue weighted by atomic mass is 10.3. The molecule has 0 radical (unpaired) electrons. The molecule has 2 nitrogen and oxygen atoms in total. The van der Waals surface area contributed by atoms with Crippen molar-refractivity contribution < 1.29 is 0 Å². The Kier molecular flexibility index (Phi) is 1.96. The van der Waals surface area contributed by atoms with Crippen molar-refractivity contribution in [1.82, 2.24) is 0 Å². The van der Waals surface area contributed by atoms with Gasteiger partial charge in [-0.3, -0.25) is 0 Å². The summed E-state index contributed by atoms with van der Waals surface area (Å²) in [5.41, 5.74) is 1.14. The molecule has 1 rings (SSSR count). The topological polar surface area (TPSA) is 24.7 Å². The van der Waals surface area contributed by atoms with Crippen LogP contribution in [0.4, 0.5) is 0 Å². The summed E-state index contributed by atoms with van der Waals surface area (Å²) < 4.78 is 0. The third-order valence-corrected chi connectivity index (χ3v) is 0.943. The Balaban J connectivity index is 2.77. The maximum absolute atomic E-state index is 3.88. The zero-order valence-electron chi connectivity index (χ0n) is 5.28. The zero-order chi connectivity index (χ0) is 6.53. The number of hydrogen-bond donors (Lipinski definition) is 0. The molecule has 0 fully saturated rings. The Morgan fingerprint density at radius 2 is 2.22 bits per heavy atom. The van der Waals surface area contributed by atoms with Crippen LogP contribution in [-0.2, 0) is 0 Å². The first kappa shape index (κ1) is 5.95. The van der Waals surface area contributed by atoms with Gasteiger partial charge in [0.15, 0.2) is 0 Å². The van der Waals surface area contributed by atoms with Gasteiger partial charge in [-0.15, -0.1) is 0 Å². The van der Waals surface area contributed by atoms with Gasteiger partial charge in [0.05, 0.1) is 0 Å². The Morgan fingerprint density at radius 3 is 3.11 bits per heavy atom. The smallest absolute Gasteiger partial charge is 0.115 e. The van der Waals surface area contributed by atoms with E-state index in [0.717, 1.165) is 5.57 Å². The van der Waals surface area contributed by atoms with Crippen LogP contribution in [0.25, 0.3) is 0 Å². The lowest BCUT2D eigenvalue weighted by Crippen LogP contribution is -1.74. The molecule has 0 bridgehead atoms. The first-order chi connectivity index (χ1) is 4.39. The van der Waals surface area contributed by atoms with Gasteiger partial charge in [0.25, 0.3) is 0 Å². The van der Waals surface area contributed by atoms with Crippen molar-refractivity contribution in [3.05, 3.63) is 23.9 Å². The number of nitrogens with zero attached hydrogens (tertiary/aromatic N) is 2. The minimum Gasteiger partial charge on any atom is -0.245 e. The molecule has 1 aliphatic heterocycles. The average molecular weight is 120 g/mol. The van der Waals surface area contributed by atoms with Gasteiger partial charge in [0, 0.05) is 12.4 Å². The summed E-state index contributed by atoms with van der Waals surface area (Å²) in [6.07, 6.45) is 8.84. The summed E-state index contributed by atoms with van der Waals surface area (Å²) in [7, 11) is 0. The minimum atomic E-state index is 1.14. The maximum atomic E-state index is 3.88. The summed E-state index contributed by atoms with van der Waals surface area (Å²) in [5, 5.41) is 0. The third-order valence-electron chi connectivity index (χ3n) is 0.943. The lowest BCUT2D eigenvalue weighted by Gasteiger charge is -1.87. The van der Waals surface area contributed by atoms with Gasteiger partial charge >= 0.3 is 0 Å². The lowest BCUT2D eigenvalue weighted by molar-refractivity contribution is 1.42. The molecule has 0 saturated heterocycles. The van der Waals surface area contributed by atoms with Gasteiger partial charge in [-0.05, 0) is 18.6 Å². The fourth-order valence-corrected chi connectivity index (χ4v) is 0.515. The molecular weight excluding hydrogens is 112 g/mol. The maximum Gasteiger partial charge on any atom is 0.115 e. The van der Waals surface area contributed by atoms with Gasteiger partial charge in [0.1, 0.15) is 6.34 Å². The Hall–Kier alpha value is -1.18. The van der Waals surface area contributed by atoms with Gasteiger partial charge in [0.2, 0.25) is 0 Å². The van der Waals surface area contributed by atoms with Crippen LogP contribution >= 0.6 is 0 Å². The fraction of sp³-hybridized carbons (Fsp3) is 0.143. The highest BCUT2D eigenvalue weighted by atomic mass is 14.8. The molecule has 0 atom stereocenters. The predicted molar refractivity (Wildman–Crippen MR) is 39.9 cm³/mol. The standard InChI is InChI=1S/C7H8N2/c1-7-3-2-4-8-6-9-5-7/h2-6H,1H3/b3-2-,4-2?,7-3?,7-5+,8-4-,8-6?,9-5?,9-6+. The highest BCUT2D eigenvalue weighted by Crippen LogP contribution is 1.94. The van der Waals surface area contributed by atoms with Crippen LogP contribution in [0.1, 0.15) is 6.92 Å². The van der Waals surface area contributed by atoms with Crippen LogP contribution in [-0.4, -0.2) is 12.6 Å². The van der Waals surface area contributed by atoms with Crippen LogP contribution in [0.2, 0.25) is 0 Å². The van der Waals surface area contributed by atoms with Crippen LogP contribution < -0.4 is 0 Å². The van der Waals surface area contributed by atoms with E-state index in [-0.39, 0.29) is 0 Å². The molecule has 1 aliphatic rings. The average Bonchev–Trinajstić information content (AvgIpc) is 1.79. The quantitative estimate of drug-likeness (QED) is 0.463. The molecule has 1 heterocycles. The number of hydrogen-bond acceptors (Lipinski definition) is 2. The molecule has 0 spiro atoms. The monoisotopic (exact) mass is 120 g/mol. The molecule has 0 unspecified atom stereocenters. The van der Waals surface area contributed by atoms with Crippen molar-refractivity contribution in [2.24, 2.45) is 9.98 Å². The minimum absolute atomic E-state index is 1.14. The van der Waals surface area contributed by atoms with Crippen molar-refractivity contribution in [2.75, 3.05) is 0 Å². The highest BCUT2D eigenvalue weighted by Gasteiger charge is 1.78. The van der Waals surface area contributed by atoms with E-state index in [9.17, 15) is 0 Å². The van der Waals surface area contributed by atoms with Gasteiger partial charge in [-0.25, -0.2) is 9.98 Å². The summed E-state index contributed by atoms with van der Waals surface area (Å²) in [6, 6.07) is 0. The molecule has 0 aromatic carbocycles. The fourth-order valence-electron chi connectivity index (χ4n) is 0.515. The molecule has 0 aromatic rings. The second-order valence-electron chi connectivity index (χ2n) is 1.79. The normalized spacial score (nSPS) is 33.2. The van der Waals surface area contributed by atoms with E-state index in [1.54, 1.807) is 12.4 Å². The molecular formula is C7H8N2. The number of rotatable bonds is 0. The summed E-state index contributed by atoms with van der Waals surface area (Å²) in [5.74, 6) is 0. The van der Waals surface area contributed by atoms with Crippen molar-refractivity contribution in [3.63, 3.8) is 0 Å². The molecule has 0 aliphatic carbocycles.